The van der Waals surface area contributed by atoms with Crippen molar-refractivity contribution in [1.82, 2.24) is 0 Å². The molecule has 2 aromatic carbocycles. The van der Waals surface area contributed by atoms with Crippen LogP contribution in [0.25, 0.3) is 10.8 Å². The highest BCUT2D eigenvalue weighted by Crippen LogP contribution is 2.41. The summed E-state index contributed by atoms with van der Waals surface area (Å²) in [4.78, 5) is 0.238. The van der Waals surface area contributed by atoms with Crippen LogP contribution in [0, 0.1) is 0 Å². The van der Waals surface area contributed by atoms with Crippen LogP contribution in [0.15, 0.2) is 63.7 Å². The fourth-order valence-corrected chi connectivity index (χ4v) is 4.86. The third-order valence-corrected chi connectivity index (χ3v) is 6.19. The molecule has 19 heavy (non-hydrogen) atoms. The summed E-state index contributed by atoms with van der Waals surface area (Å²) in [6.45, 7) is 0. The molecule has 96 valence electrons. The van der Waals surface area contributed by atoms with Crippen molar-refractivity contribution < 1.29 is 13.5 Å². The number of fused-ring (bicyclic) bond motifs is 1. The van der Waals surface area contributed by atoms with Gasteiger partial charge in [-0.1, -0.05) is 47.7 Å². The topological polar surface area (TPSA) is 54.4 Å². The molecule has 3 nitrogen and oxygen atoms in total. The fourth-order valence-electron chi connectivity index (χ4n) is 1.95. The van der Waals surface area contributed by atoms with E-state index in [9.17, 15) is 13.5 Å². The van der Waals surface area contributed by atoms with E-state index in [2.05, 4.69) is 0 Å². The molecule has 0 radical (unpaired) electrons. The lowest BCUT2D eigenvalue weighted by Gasteiger charge is -2.01. The number of benzene rings is 2. The molecule has 0 unspecified atom stereocenters. The van der Waals surface area contributed by atoms with Gasteiger partial charge in [0.1, 0.15) is 4.21 Å². The number of rotatable bonds is 2. The molecule has 3 aromatic rings. The minimum Gasteiger partial charge on any atom is -0.499 e. The Hall–Kier alpha value is -1.85. The first kappa shape index (κ1) is 12.2. The lowest BCUT2D eigenvalue weighted by Crippen LogP contribution is -1.99. The van der Waals surface area contributed by atoms with E-state index in [0.717, 1.165) is 11.3 Å². The van der Waals surface area contributed by atoms with Crippen molar-refractivity contribution in [3.63, 3.8) is 0 Å². The van der Waals surface area contributed by atoms with E-state index >= 15 is 0 Å². The predicted molar refractivity (Wildman–Crippen MR) is 75.4 cm³/mol. The molecule has 0 atom stereocenters. The van der Waals surface area contributed by atoms with Crippen LogP contribution in [-0.4, -0.2) is 13.5 Å². The highest BCUT2D eigenvalue weighted by atomic mass is 32.2. The number of sulfone groups is 1. The zero-order chi connectivity index (χ0) is 13.5. The lowest BCUT2D eigenvalue weighted by molar-refractivity contribution is 0.496. The summed E-state index contributed by atoms with van der Waals surface area (Å²) in [6, 6.07) is 15.2. The van der Waals surface area contributed by atoms with Gasteiger partial charge in [0, 0.05) is 10.8 Å². The second kappa shape index (κ2) is 4.36. The molecule has 0 bridgehead atoms. The third-order valence-electron chi connectivity index (χ3n) is 2.86. The van der Waals surface area contributed by atoms with Crippen LogP contribution < -0.4 is 0 Å². The zero-order valence-corrected chi connectivity index (χ0v) is 11.4. The van der Waals surface area contributed by atoms with E-state index in [4.69, 9.17) is 0 Å². The van der Waals surface area contributed by atoms with Gasteiger partial charge in [0.25, 0.3) is 0 Å². The van der Waals surface area contributed by atoms with Crippen LogP contribution in [0.4, 0.5) is 0 Å². The normalized spacial score (nSPS) is 11.8. The number of thiophene rings is 1. The minimum absolute atomic E-state index is 0.0325. The first-order valence-electron chi connectivity index (χ1n) is 5.61. The van der Waals surface area contributed by atoms with Crippen molar-refractivity contribution in [3.05, 3.63) is 54.6 Å². The van der Waals surface area contributed by atoms with E-state index in [1.165, 1.54) is 0 Å². The summed E-state index contributed by atoms with van der Waals surface area (Å²) < 4.78 is 25.3. The third kappa shape index (κ3) is 1.91. The average molecular weight is 290 g/mol. The Morgan fingerprint density at radius 3 is 2.11 bits per heavy atom. The van der Waals surface area contributed by atoms with Crippen molar-refractivity contribution in [2.75, 3.05) is 0 Å². The maximum atomic E-state index is 12.6. The highest BCUT2D eigenvalue weighted by molar-refractivity contribution is 7.93. The van der Waals surface area contributed by atoms with Gasteiger partial charge in [-0.2, -0.15) is 0 Å². The molecule has 0 aliphatic rings. The second-order valence-electron chi connectivity index (χ2n) is 4.06. The Balaban J connectivity index is 2.31. The molecule has 0 amide bonds. The van der Waals surface area contributed by atoms with Crippen LogP contribution >= 0.6 is 11.3 Å². The Morgan fingerprint density at radius 2 is 1.42 bits per heavy atom. The fraction of sp³-hybridized carbons (Fsp3) is 0. The summed E-state index contributed by atoms with van der Waals surface area (Å²) in [5.74, 6) is 0. The van der Waals surface area contributed by atoms with Crippen molar-refractivity contribution >= 4 is 31.9 Å². The van der Waals surface area contributed by atoms with E-state index in [1.807, 2.05) is 0 Å². The molecule has 3 rings (SSSR count). The first-order valence-corrected chi connectivity index (χ1v) is 7.91. The summed E-state index contributed by atoms with van der Waals surface area (Å²) in [6.07, 6.45) is 0. The quantitative estimate of drug-likeness (QED) is 0.786. The van der Waals surface area contributed by atoms with Crippen LogP contribution in [0.2, 0.25) is 0 Å². The maximum Gasteiger partial charge on any atom is 0.216 e. The van der Waals surface area contributed by atoms with Crippen LogP contribution in [0.5, 0.6) is 5.06 Å². The molecule has 0 saturated heterocycles. The van der Waals surface area contributed by atoms with E-state index in [-0.39, 0.29) is 14.2 Å². The maximum absolute atomic E-state index is 12.6. The van der Waals surface area contributed by atoms with Crippen LogP contribution in [0.3, 0.4) is 0 Å². The molecule has 0 spiro atoms. The lowest BCUT2D eigenvalue weighted by atomic mass is 10.2. The zero-order valence-electron chi connectivity index (χ0n) is 9.78. The summed E-state index contributed by atoms with van der Waals surface area (Å²) >= 11 is 0.897. The molecule has 0 saturated carbocycles. The molecule has 1 N–H and O–H groups in total. The molecule has 5 heteroatoms. The molecule has 1 aromatic heterocycles. The largest absolute Gasteiger partial charge is 0.499 e. The standard InChI is InChI=1S/C14H10O3S2/c15-13-11-8-4-5-9-12(11)14(18-13)19(16,17)10-6-2-1-3-7-10/h1-9,15H. The molecular formula is C14H10O3S2. The molecule has 0 aliphatic carbocycles. The number of hydrogen-bond acceptors (Lipinski definition) is 4. The Morgan fingerprint density at radius 1 is 0.842 bits per heavy atom. The van der Waals surface area contributed by atoms with Crippen molar-refractivity contribution in [2.24, 2.45) is 0 Å². The molecule has 0 fully saturated rings. The molecular weight excluding hydrogens is 280 g/mol. The van der Waals surface area contributed by atoms with Gasteiger partial charge in [-0.25, -0.2) is 8.42 Å². The van der Waals surface area contributed by atoms with Crippen LogP contribution in [0.1, 0.15) is 0 Å². The van der Waals surface area contributed by atoms with E-state index in [0.29, 0.717) is 10.8 Å². The Kier molecular flexibility index (Phi) is 2.80. The van der Waals surface area contributed by atoms with Gasteiger partial charge in [0.15, 0.2) is 5.06 Å². The number of aromatic hydroxyl groups is 1. The molecule has 1 heterocycles. The van der Waals surface area contributed by atoms with Gasteiger partial charge in [0.2, 0.25) is 9.84 Å². The number of hydrogen-bond donors (Lipinski definition) is 1. The average Bonchev–Trinajstić information content (AvgIpc) is 2.79. The van der Waals surface area contributed by atoms with Crippen molar-refractivity contribution in [1.29, 1.82) is 0 Å². The van der Waals surface area contributed by atoms with Crippen LogP contribution in [-0.2, 0) is 9.84 Å². The SMILES string of the molecule is O=S(=O)(c1ccccc1)c1sc(O)c2ccccc12. The Labute approximate surface area is 114 Å². The molecule has 0 aliphatic heterocycles. The Bertz CT molecular complexity index is 834. The van der Waals surface area contributed by atoms with Gasteiger partial charge in [-0.15, -0.1) is 0 Å². The van der Waals surface area contributed by atoms with Crippen molar-refractivity contribution in [2.45, 2.75) is 9.10 Å². The van der Waals surface area contributed by atoms with E-state index in [1.54, 1.807) is 54.6 Å². The monoisotopic (exact) mass is 290 g/mol. The van der Waals surface area contributed by atoms with E-state index < -0.39 is 9.84 Å². The van der Waals surface area contributed by atoms with Crippen molar-refractivity contribution in [3.8, 4) is 5.06 Å². The predicted octanol–water partition coefficient (Wildman–Crippen LogP) is 3.44. The minimum atomic E-state index is -3.59. The van der Waals surface area contributed by atoms with Gasteiger partial charge >= 0.3 is 0 Å². The van der Waals surface area contributed by atoms with Gasteiger partial charge in [-0.3, -0.25) is 0 Å². The first-order chi connectivity index (χ1) is 9.10. The summed E-state index contributed by atoms with van der Waals surface area (Å²) in [7, 11) is -3.59. The van der Waals surface area contributed by atoms with Gasteiger partial charge < -0.3 is 5.11 Å². The van der Waals surface area contributed by atoms with Gasteiger partial charge in [-0.05, 0) is 18.2 Å². The van der Waals surface area contributed by atoms with Gasteiger partial charge in [0.05, 0.1) is 4.90 Å². The highest BCUT2D eigenvalue weighted by Gasteiger charge is 2.24. The summed E-state index contributed by atoms with van der Waals surface area (Å²) in [5, 5.41) is 11.0. The smallest absolute Gasteiger partial charge is 0.216 e. The summed E-state index contributed by atoms with van der Waals surface area (Å²) in [5.41, 5.74) is 0. The second-order valence-corrected chi connectivity index (χ2v) is 7.20.